The van der Waals surface area contributed by atoms with E-state index in [0.717, 1.165) is 54.9 Å². The van der Waals surface area contributed by atoms with Crippen LogP contribution in [0.1, 0.15) is 36.1 Å². The number of carbonyl (C=O) groups is 1. The fourth-order valence-corrected chi connectivity index (χ4v) is 3.64. The van der Waals surface area contributed by atoms with E-state index in [1.54, 1.807) is 6.20 Å². The van der Waals surface area contributed by atoms with Crippen molar-refractivity contribution in [3.05, 3.63) is 59.4 Å². The van der Waals surface area contributed by atoms with Gasteiger partial charge in [0.25, 0.3) is 5.91 Å². The van der Waals surface area contributed by atoms with Gasteiger partial charge in [0.1, 0.15) is 5.75 Å². The fraction of sp³-hybridized carbons (Fsp3) is 0.455. The summed E-state index contributed by atoms with van der Waals surface area (Å²) in [7, 11) is 0. The number of carbonyl (C=O) groups excluding carboxylic acids is 1. The van der Waals surface area contributed by atoms with Crippen molar-refractivity contribution in [3.8, 4) is 5.75 Å². The molecule has 1 aliphatic rings. The maximum absolute atomic E-state index is 13.1. The van der Waals surface area contributed by atoms with Crippen LogP contribution in [0.25, 0.3) is 0 Å². The standard InChI is InChI=1S/C22H29N3O2/c1-17-7-5-8-18(2)22(17)27-16-21(26)25(15-19-9-3-4-13-24-19)20-10-6-12-23-14-11-20/h3-5,7-9,13,20,23H,6,10-12,14-16H2,1-2H3. The molecule has 3 rings (SSSR count). The van der Waals surface area contributed by atoms with E-state index in [4.69, 9.17) is 4.74 Å². The van der Waals surface area contributed by atoms with Crippen LogP contribution in [0.2, 0.25) is 0 Å². The normalized spacial score (nSPS) is 17.2. The Hall–Kier alpha value is -2.40. The van der Waals surface area contributed by atoms with Crippen molar-refractivity contribution >= 4 is 5.91 Å². The molecule has 0 radical (unpaired) electrons. The number of nitrogens with one attached hydrogen (secondary N) is 1. The van der Waals surface area contributed by atoms with E-state index in [9.17, 15) is 4.79 Å². The van der Waals surface area contributed by atoms with Gasteiger partial charge in [-0.25, -0.2) is 0 Å². The van der Waals surface area contributed by atoms with E-state index >= 15 is 0 Å². The molecular formula is C22H29N3O2. The summed E-state index contributed by atoms with van der Waals surface area (Å²) in [6, 6.07) is 12.1. The lowest BCUT2D eigenvalue weighted by molar-refractivity contribution is -0.136. The number of ether oxygens (including phenoxy) is 1. The molecule has 1 aromatic carbocycles. The summed E-state index contributed by atoms with van der Waals surface area (Å²) in [6.45, 7) is 6.56. The Bertz CT molecular complexity index is 720. The number of amides is 1. The lowest BCUT2D eigenvalue weighted by Crippen LogP contribution is -2.43. The molecule has 0 saturated carbocycles. The van der Waals surface area contributed by atoms with E-state index in [1.165, 1.54) is 0 Å². The Labute approximate surface area is 161 Å². The van der Waals surface area contributed by atoms with Gasteiger partial charge in [0.15, 0.2) is 6.61 Å². The van der Waals surface area contributed by atoms with E-state index in [1.807, 2.05) is 55.1 Å². The second-order valence-corrected chi connectivity index (χ2v) is 7.19. The van der Waals surface area contributed by atoms with E-state index in [-0.39, 0.29) is 18.6 Å². The first-order valence-electron chi connectivity index (χ1n) is 9.74. The molecule has 1 aliphatic heterocycles. The maximum Gasteiger partial charge on any atom is 0.261 e. The summed E-state index contributed by atoms with van der Waals surface area (Å²) >= 11 is 0. The Balaban J connectivity index is 1.73. The van der Waals surface area contributed by atoms with E-state index in [0.29, 0.717) is 6.54 Å². The average Bonchev–Trinajstić information content (AvgIpc) is 2.95. The Morgan fingerprint density at radius 2 is 1.96 bits per heavy atom. The van der Waals surface area contributed by atoms with Gasteiger partial charge in [0.2, 0.25) is 0 Å². The summed E-state index contributed by atoms with van der Waals surface area (Å²) in [5, 5.41) is 3.42. The highest BCUT2D eigenvalue weighted by molar-refractivity contribution is 5.78. The predicted molar refractivity (Wildman–Crippen MR) is 107 cm³/mol. The van der Waals surface area contributed by atoms with Crippen LogP contribution in [0, 0.1) is 13.8 Å². The zero-order valence-corrected chi connectivity index (χ0v) is 16.3. The van der Waals surface area contributed by atoms with Gasteiger partial charge in [0, 0.05) is 12.2 Å². The topological polar surface area (TPSA) is 54.5 Å². The zero-order chi connectivity index (χ0) is 19.1. The number of hydrogen-bond donors (Lipinski definition) is 1. The van der Waals surface area contributed by atoms with Crippen LogP contribution in [0.3, 0.4) is 0 Å². The zero-order valence-electron chi connectivity index (χ0n) is 16.3. The molecule has 5 heteroatoms. The molecule has 2 heterocycles. The smallest absolute Gasteiger partial charge is 0.261 e. The molecular weight excluding hydrogens is 338 g/mol. The van der Waals surface area contributed by atoms with Crippen LogP contribution in [0.5, 0.6) is 5.75 Å². The lowest BCUT2D eigenvalue weighted by Gasteiger charge is -2.31. The summed E-state index contributed by atoms with van der Waals surface area (Å²) < 4.78 is 5.94. The number of hydrogen-bond acceptors (Lipinski definition) is 4. The minimum atomic E-state index is 0.0233. The second-order valence-electron chi connectivity index (χ2n) is 7.19. The number of aromatic nitrogens is 1. The van der Waals surface area contributed by atoms with Gasteiger partial charge in [-0.15, -0.1) is 0 Å². The van der Waals surface area contributed by atoms with Gasteiger partial charge < -0.3 is 15.0 Å². The van der Waals surface area contributed by atoms with Crippen molar-refractivity contribution in [1.29, 1.82) is 0 Å². The van der Waals surface area contributed by atoms with Gasteiger partial charge in [-0.05, 0) is 69.5 Å². The molecule has 5 nitrogen and oxygen atoms in total. The number of aryl methyl sites for hydroxylation is 2. The molecule has 0 bridgehead atoms. The first kappa shape index (κ1) is 19.4. The van der Waals surface area contributed by atoms with Gasteiger partial charge in [-0.3, -0.25) is 9.78 Å². The van der Waals surface area contributed by atoms with Crippen LogP contribution in [-0.2, 0) is 11.3 Å². The highest BCUT2D eigenvalue weighted by Gasteiger charge is 2.25. The largest absolute Gasteiger partial charge is 0.483 e. The monoisotopic (exact) mass is 367 g/mol. The number of nitrogens with zero attached hydrogens (tertiary/aromatic N) is 2. The van der Waals surface area contributed by atoms with Crippen molar-refractivity contribution in [2.45, 2.75) is 45.7 Å². The van der Waals surface area contributed by atoms with Gasteiger partial charge in [-0.1, -0.05) is 24.3 Å². The molecule has 0 aliphatic carbocycles. The van der Waals surface area contributed by atoms with Crippen LogP contribution in [0.15, 0.2) is 42.6 Å². The second kappa shape index (κ2) is 9.51. The van der Waals surface area contributed by atoms with Crippen molar-refractivity contribution in [3.63, 3.8) is 0 Å². The Morgan fingerprint density at radius 1 is 1.15 bits per heavy atom. The first-order chi connectivity index (χ1) is 13.1. The molecule has 1 fully saturated rings. The summed E-state index contributed by atoms with van der Waals surface area (Å²) in [4.78, 5) is 19.5. The molecule has 1 amide bonds. The number of pyridine rings is 1. The molecule has 27 heavy (non-hydrogen) atoms. The number of benzene rings is 1. The van der Waals surface area contributed by atoms with Crippen LogP contribution >= 0.6 is 0 Å². The fourth-order valence-electron chi connectivity index (χ4n) is 3.64. The van der Waals surface area contributed by atoms with E-state index in [2.05, 4.69) is 10.3 Å². The number of para-hydroxylation sites is 1. The molecule has 144 valence electrons. The van der Waals surface area contributed by atoms with Crippen molar-refractivity contribution in [1.82, 2.24) is 15.2 Å². The summed E-state index contributed by atoms with van der Waals surface area (Å²) in [5.41, 5.74) is 3.02. The first-order valence-corrected chi connectivity index (χ1v) is 9.74. The highest BCUT2D eigenvalue weighted by atomic mass is 16.5. The van der Waals surface area contributed by atoms with Crippen molar-refractivity contribution in [2.24, 2.45) is 0 Å². The minimum absolute atomic E-state index is 0.0233. The van der Waals surface area contributed by atoms with Gasteiger partial charge in [0.05, 0.1) is 12.2 Å². The third-order valence-electron chi connectivity index (χ3n) is 5.11. The Morgan fingerprint density at radius 3 is 2.70 bits per heavy atom. The quantitative estimate of drug-likeness (QED) is 0.852. The molecule has 1 unspecified atom stereocenters. The van der Waals surface area contributed by atoms with Crippen LogP contribution < -0.4 is 10.1 Å². The third kappa shape index (κ3) is 5.30. The van der Waals surface area contributed by atoms with Crippen molar-refractivity contribution in [2.75, 3.05) is 19.7 Å². The molecule has 2 aromatic rings. The lowest BCUT2D eigenvalue weighted by atomic mass is 10.1. The van der Waals surface area contributed by atoms with E-state index < -0.39 is 0 Å². The maximum atomic E-state index is 13.1. The SMILES string of the molecule is Cc1cccc(C)c1OCC(=O)N(Cc1ccccn1)C1CCCNCC1. The summed E-state index contributed by atoms with van der Waals surface area (Å²) in [5.74, 6) is 0.835. The third-order valence-corrected chi connectivity index (χ3v) is 5.11. The molecule has 0 spiro atoms. The highest BCUT2D eigenvalue weighted by Crippen LogP contribution is 2.23. The van der Waals surface area contributed by atoms with Gasteiger partial charge >= 0.3 is 0 Å². The van der Waals surface area contributed by atoms with Crippen LogP contribution in [0.4, 0.5) is 0 Å². The average molecular weight is 367 g/mol. The summed E-state index contributed by atoms with van der Waals surface area (Å²) in [6.07, 6.45) is 4.82. The minimum Gasteiger partial charge on any atom is -0.483 e. The molecule has 1 saturated heterocycles. The van der Waals surface area contributed by atoms with Crippen LogP contribution in [-0.4, -0.2) is 41.5 Å². The molecule has 1 atom stereocenters. The van der Waals surface area contributed by atoms with Gasteiger partial charge in [-0.2, -0.15) is 0 Å². The van der Waals surface area contributed by atoms with Crippen molar-refractivity contribution < 1.29 is 9.53 Å². The number of rotatable bonds is 6. The molecule has 1 N–H and O–H groups in total. The Kier molecular flexibility index (Phi) is 6.82. The molecule has 1 aromatic heterocycles. The predicted octanol–water partition coefficient (Wildman–Crippen LogP) is 3.25.